The van der Waals surface area contributed by atoms with Crippen molar-refractivity contribution < 1.29 is 14.3 Å². The lowest BCUT2D eigenvalue weighted by Gasteiger charge is -2.21. The Hall–Kier alpha value is -2.01. The number of hydrogen-bond acceptors (Lipinski definition) is 4. The molecule has 2 aromatic carbocycles. The fourth-order valence-corrected chi connectivity index (χ4v) is 3.45. The lowest BCUT2D eigenvalue weighted by molar-refractivity contribution is -0.145. The smallest absolute Gasteiger partial charge is 0.311 e. The summed E-state index contributed by atoms with van der Waals surface area (Å²) >= 11 is 3.49. The van der Waals surface area contributed by atoms with Gasteiger partial charge in [-0.1, -0.05) is 22.0 Å². The van der Waals surface area contributed by atoms with Gasteiger partial charge in [0.05, 0.1) is 26.2 Å². The van der Waals surface area contributed by atoms with Gasteiger partial charge in [-0.2, -0.15) is 0 Å². The molecule has 120 valence electrons. The number of carbonyl (C=O) groups is 1. The fraction of sp³-hybridized carbons (Fsp3) is 0.278. The average Bonchev–Trinajstić information content (AvgIpc) is 2.92. The lowest BCUT2D eigenvalue weighted by Crippen LogP contribution is -2.25. The van der Waals surface area contributed by atoms with E-state index in [0.29, 0.717) is 6.42 Å². The SMILES string of the molecule is COC(=O)[C@@H]1Cc2cc(Br)ccc2[C@@H]1Nc1ccc(OC)cc1. The largest absolute Gasteiger partial charge is 0.497 e. The van der Waals surface area contributed by atoms with Gasteiger partial charge < -0.3 is 14.8 Å². The summed E-state index contributed by atoms with van der Waals surface area (Å²) in [4.78, 5) is 12.2. The van der Waals surface area contributed by atoms with E-state index in [1.807, 2.05) is 30.3 Å². The highest BCUT2D eigenvalue weighted by atomic mass is 79.9. The molecule has 0 unspecified atom stereocenters. The highest BCUT2D eigenvalue weighted by Gasteiger charge is 2.38. The van der Waals surface area contributed by atoms with Crippen LogP contribution >= 0.6 is 15.9 Å². The van der Waals surface area contributed by atoms with E-state index >= 15 is 0 Å². The maximum absolute atomic E-state index is 12.2. The third-order valence-corrected chi connectivity index (χ3v) is 4.69. The normalized spacial score (nSPS) is 19.1. The summed E-state index contributed by atoms with van der Waals surface area (Å²) in [6.45, 7) is 0. The Morgan fingerprint density at radius 1 is 1.17 bits per heavy atom. The van der Waals surface area contributed by atoms with E-state index in [1.165, 1.54) is 12.7 Å². The van der Waals surface area contributed by atoms with Crippen molar-refractivity contribution in [1.29, 1.82) is 0 Å². The second-order valence-electron chi connectivity index (χ2n) is 5.53. The van der Waals surface area contributed by atoms with Crippen molar-refractivity contribution in [3.8, 4) is 5.75 Å². The van der Waals surface area contributed by atoms with E-state index in [1.54, 1.807) is 7.11 Å². The molecule has 1 aliphatic carbocycles. The molecular formula is C18H18BrNO3. The van der Waals surface area contributed by atoms with E-state index in [2.05, 4.69) is 33.4 Å². The predicted octanol–water partition coefficient (Wildman–Crippen LogP) is 3.96. The molecule has 0 fully saturated rings. The van der Waals surface area contributed by atoms with Crippen LogP contribution in [0, 0.1) is 5.92 Å². The number of hydrogen-bond donors (Lipinski definition) is 1. The number of esters is 1. The summed E-state index contributed by atoms with van der Waals surface area (Å²) < 4.78 is 11.2. The van der Waals surface area contributed by atoms with E-state index in [9.17, 15) is 4.79 Å². The minimum Gasteiger partial charge on any atom is -0.497 e. The van der Waals surface area contributed by atoms with Crippen molar-refractivity contribution in [2.45, 2.75) is 12.5 Å². The van der Waals surface area contributed by atoms with Crippen molar-refractivity contribution in [2.24, 2.45) is 5.92 Å². The first-order valence-corrected chi connectivity index (χ1v) is 8.18. The van der Waals surface area contributed by atoms with Crippen LogP contribution in [0.5, 0.6) is 5.75 Å². The molecular weight excluding hydrogens is 358 g/mol. The van der Waals surface area contributed by atoms with Crippen LogP contribution < -0.4 is 10.1 Å². The molecule has 0 aromatic heterocycles. The van der Waals surface area contributed by atoms with Crippen LogP contribution in [0.2, 0.25) is 0 Å². The van der Waals surface area contributed by atoms with Crippen LogP contribution in [0.25, 0.3) is 0 Å². The number of fused-ring (bicyclic) bond motifs is 1. The molecule has 5 heteroatoms. The molecule has 0 aliphatic heterocycles. The zero-order valence-corrected chi connectivity index (χ0v) is 14.6. The van der Waals surface area contributed by atoms with Gasteiger partial charge in [0.15, 0.2) is 0 Å². The Morgan fingerprint density at radius 2 is 1.91 bits per heavy atom. The van der Waals surface area contributed by atoms with Gasteiger partial charge in [0, 0.05) is 10.2 Å². The van der Waals surface area contributed by atoms with E-state index < -0.39 is 0 Å². The zero-order valence-electron chi connectivity index (χ0n) is 13.0. The van der Waals surface area contributed by atoms with Gasteiger partial charge in [-0.15, -0.1) is 0 Å². The molecule has 1 N–H and O–H groups in total. The molecule has 3 rings (SSSR count). The van der Waals surface area contributed by atoms with Crippen molar-refractivity contribution in [3.05, 3.63) is 58.1 Å². The summed E-state index contributed by atoms with van der Waals surface area (Å²) in [5.41, 5.74) is 3.25. The Balaban J connectivity index is 1.91. The maximum Gasteiger partial charge on any atom is 0.311 e. The Labute approximate surface area is 143 Å². The second-order valence-corrected chi connectivity index (χ2v) is 6.44. The first-order valence-electron chi connectivity index (χ1n) is 7.39. The fourth-order valence-electron chi connectivity index (χ4n) is 3.04. The Bertz CT molecular complexity index is 715. The zero-order chi connectivity index (χ0) is 16.4. The third-order valence-electron chi connectivity index (χ3n) is 4.20. The quantitative estimate of drug-likeness (QED) is 0.821. The molecule has 0 amide bonds. The monoisotopic (exact) mass is 375 g/mol. The highest BCUT2D eigenvalue weighted by Crippen LogP contribution is 2.40. The molecule has 1 aliphatic rings. The molecule has 0 spiro atoms. The summed E-state index contributed by atoms with van der Waals surface area (Å²) in [7, 11) is 3.08. The molecule has 2 atom stereocenters. The number of anilines is 1. The predicted molar refractivity (Wildman–Crippen MR) is 92.7 cm³/mol. The molecule has 23 heavy (non-hydrogen) atoms. The second kappa shape index (κ2) is 6.62. The van der Waals surface area contributed by atoms with Crippen LogP contribution in [-0.4, -0.2) is 20.2 Å². The number of ether oxygens (including phenoxy) is 2. The first-order chi connectivity index (χ1) is 11.1. The minimum absolute atomic E-state index is 0.0982. The van der Waals surface area contributed by atoms with E-state index in [4.69, 9.17) is 9.47 Å². The summed E-state index contributed by atoms with van der Waals surface area (Å²) in [6, 6.07) is 13.7. The van der Waals surface area contributed by atoms with Gasteiger partial charge in [-0.25, -0.2) is 0 Å². The third kappa shape index (κ3) is 3.20. The maximum atomic E-state index is 12.2. The summed E-state index contributed by atoms with van der Waals surface area (Å²) in [6.07, 6.45) is 0.676. The number of methoxy groups -OCH3 is 2. The van der Waals surface area contributed by atoms with E-state index in [0.717, 1.165) is 21.5 Å². The van der Waals surface area contributed by atoms with Crippen LogP contribution in [0.4, 0.5) is 5.69 Å². The molecule has 0 heterocycles. The number of benzene rings is 2. The standard InChI is InChI=1S/C18H18BrNO3/c1-22-14-6-4-13(5-7-14)20-17-15-8-3-12(19)9-11(15)10-16(17)18(21)23-2/h3-9,16-17,20H,10H2,1-2H3/t16-,17+/m1/s1. The molecule has 4 nitrogen and oxygen atoms in total. The number of carbonyl (C=O) groups excluding carboxylic acids is 1. The Kier molecular flexibility index (Phi) is 4.57. The topological polar surface area (TPSA) is 47.6 Å². The number of halogens is 1. The average molecular weight is 376 g/mol. The van der Waals surface area contributed by atoms with Crippen molar-refractivity contribution in [1.82, 2.24) is 0 Å². The summed E-state index contributed by atoms with van der Waals surface area (Å²) in [5, 5.41) is 3.46. The molecule has 0 saturated heterocycles. The van der Waals surface area contributed by atoms with Gasteiger partial charge in [-0.3, -0.25) is 4.79 Å². The van der Waals surface area contributed by atoms with Crippen LogP contribution in [-0.2, 0) is 16.0 Å². The minimum atomic E-state index is -0.230. The van der Waals surface area contributed by atoms with Crippen molar-refractivity contribution in [3.63, 3.8) is 0 Å². The van der Waals surface area contributed by atoms with Gasteiger partial charge in [0.25, 0.3) is 0 Å². The van der Waals surface area contributed by atoms with Crippen LogP contribution in [0.1, 0.15) is 17.2 Å². The summed E-state index contributed by atoms with van der Waals surface area (Å²) in [5.74, 6) is 0.380. The lowest BCUT2D eigenvalue weighted by atomic mass is 10.0. The highest BCUT2D eigenvalue weighted by molar-refractivity contribution is 9.10. The van der Waals surface area contributed by atoms with Crippen molar-refractivity contribution in [2.75, 3.05) is 19.5 Å². The number of rotatable bonds is 4. The molecule has 0 saturated carbocycles. The Morgan fingerprint density at radius 3 is 2.57 bits per heavy atom. The van der Waals surface area contributed by atoms with E-state index in [-0.39, 0.29) is 17.9 Å². The van der Waals surface area contributed by atoms with Crippen LogP contribution in [0.15, 0.2) is 46.9 Å². The van der Waals surface area contributed by atoms with Gasteiger partial charge >= 0.3 is 5.97 Å². The molecule has 0 bridgehead atoms. The number of nitrogens with one attached hydrogen (secondary N) is 1. The van der Waals surface area contributed by atoms with Gasteiger partial charge in [-0.05, 0) is 53.9 Å². The van der Waals surface area contributed by atoms with Gasteiger partial charge in [0.2, 0.25) is 0 Å². The first kappa shape index (κ1) is 15.9. The van der Waals surface area contributed by atoms with Crippen LogP contribution in [0.3, 0.4) is 0 Å². The molecule has 2 aromatic rings. The molecule has 0 radical (unpaired) electrons. The van der Waals surface area contributed by atoms with Gasteiger partial charge in [0.1, 0.15) is 5.75 Å². The van der Waals surface area contributed by atoms with Crippen molar-refractivity contribution >= 4 is 27.6 Å².